The van der Waals surface area contributed by atoms with Crippen LogP contribution in [0.1, 0.15) is 47.6 Å². The Hall–Kier alpha value is -3.78. The van der Waals surface area contributed by atoms with E-state index in [9.17, 15) is 9.90 Å². The fourth-order valence-electron chi connectivity index (χ4n) is 3.67. The molecule has 1 atom stereocenters. The Morgan fingerprint density at radius 2 is 1.88 bits per heavy atom. The lowest BCUT2D eigenvalue weighted by molar-refractivity contribution is 0.0487. The smallest absolute Gasteiger partial charge is 0.254 e. The number of rotatable bonds is 8. The summed E-state index contributed by atoms with van der Waals surface area (Å²) < 4.78 is 0. The highest BCUT2D eigenvalue weighted by molar-refractivity contribution is 5.93. The number of H-pyrrole nitrogens is 1. The highest BCUT2D eigenvalue weighted by Gasteiger charge is 2.22. The number of pyridine rings is 1. The summed E-state index contributed by atoms with van der Waals surface area (Å²) in [4.78, 5) is 28.8. The summed E-state index contributed by atoms with van der Waals surface area (Å²) in [6, 6.07) is 13.5. The average Bonchev–Trinajstić information content (AvgIpc) is 3.14. The summed E-state index contributed by atoms with van der Waals surface area (Å²) in [5, 5.41) is 17.5. The highest BCUT2D eigenvalue weighted by atomic mass is 16.3. The molecule has 1 unspecified atom stereocenters. The molecule has 170 valence electrons. The average molecular weight is 445 g/mol. The lowest BCUT2D eigenvalue weighted by Crippen LogP contribution is -2.26. The molecular weight excluding hydrogens is 416 g/mol. The number of nitrogens with one attached hydrogen (secondary N) is 3. The van der Waals surface area contributed by atoms with Crippen LogP contribution in [0.15, 0.2) is 54.9 Å². The van der Waals surface area contributed by atoms with Crippen molar-refractivity contribution in [2.75, 3.05) is 11.9 Å². The van der Waals surface area contributed by atoms with Gasteiger partial charge >= 0.3 is 0 Å². The van der Waals surface area contributed by atoms with Gasteiger partial charge in [0.1, 0.15) is 11.4 Å². The summed E-state index contributed by atoms with van der Waals surface area (Å²) in [7, 11) is 0. The molecule has 0 aliphatic carbocycles. The third-order valence-corrected chi connectivity index (χ3v) is 5.83. The number of anilines is 2. The second-order valence-corrected chi connectivity index (χ2v) is 8.24. The summed E-state index contributed by atoms with van der Waals surface area (Å²) in [5.74, 6) is 0.618. The van der Waals surface area contributed by atoms with E-state index in [1.807, 2.05) is 32.0 Å². The van der Waals surface area contributed by atoms with Crippen LogP contribution in [0.25, 0.3) is 10.9 Å². The molecule has 0 radical (unpaired) electrons. The zero-order valence-electron chi connectivity index (χ0n) is 19.0. The van der Waals surface area contributed by atoms with E-state index in [0.29, 0.717) is 36.0 Å². The fraction of sp³-hybridized carbons (Fsp3) is 0.280. The van der Waals surface area contributed by atoms with Crippen molar-refractivity contribution in [3.8, 4) is 0 Å². The van der Waals surface area contributed by atoms with Gasteiger partial charge in [-0.2, -0.15) is 0 Å². The van der Waals surface area contributed by atoms with Crippen molar-refractivity contribution in [2.45, 2.75) is 39.2 Å². The monoisotopic (exact) mass is 444 g/mol. The van der Waals surface area contributed by atoms with Crippen LogP contribution >= 0.6 is 0 Å². The number of carbonyl (C=O) groups excluding carboxylic acids is 1. The second kappa shape index (κ2) is 9.38. The van der Waals surface area contributed by atoms with Crippen LogP contribution in [-0.2, 0) is 12.0 Å². The number of benzene rings is 1. The quantitative estimate of drug-likeness (QED) is 0.327. The summed E-state index contributed by atoms with van der Waals surface area (Å²) in [5.41, 5.74) is 3.36. The normalized spacial score (nSPS) is 13.0. The number of amides is 1. The van der Waals surface area contributed by atoms with E-state index < -0.39 is 5.60 Å². The lowest BCUT2D eigenvalue weighted by atomic mass is 9.99. The minimum Gasteiger partial charge on any atom is -0.384 e. The maximum absolute atomic E-state index is 12.5. The molecule has 0 aliphatic heterocycles. The Labute approximate surface area is 192 Å². The number of aromatic nitrogens is 4. The first kappa shape index (κ1) is 22.4. The van der Waals surface area contributed by atoms with Crippen molar-refractivity contribution in [3.63, 3.8) is 0 Å². The number of nitrogens with zero attached hydrogens (tertiary/aromatic N) is 3. The van der Waals surface area contributed by atoms with Gasteiger partial charge in [0.05, 0.1) is 11.3 Å². The van der Waals surface area contributed by atoms with Gasteiger partial charge in [-0.05, 0) is 50.5 Å². The van der Waals surface area contributed by atoms with E-state index in [1.165, 1.54) is 23.3 Å². The maximum Gasteiger partial charge on any atom is 0.254 e. The Kier molecular flexibility index (Phi) is 6.37. The maximum atomic E-state index is 12.5. The minimum atomic E-state index is -1.01. The molecule has 0 aliphatic rings. The Bertz CT molecular complexity index is 1260. The number of carbonyl (C=O) groups is 1. The number of para-hydroxylation sites is 1. The molecule has 0 saturated heterocycles. The standard InChI is InChI=1S/C25H28N6O2/c1-4-25(3,33)21-10-7-11-22(30-21)31-24-27-14-17(15-28-24)23(32)26-13-12-18-16(2)29-20-9-6-5-8-19(18)20/h5-11,14-15,29,33H,4,12-13H2,1-3H3,(H,26,32)(H,27,28,30,31). The molecular formula is C25H28N6O2. The Morgan fingerprint density at radius 1 is 1.12 bits per heavy atom. The molecule has 0 bridgehead atoms. The van der Waals surface area contributed by atoms with Gasteiger partial charge in [0.2, 0.25) is 5.95 Å². The van der Waals surface area contributed by atoms with Gasteiger partial charge in [0.25, 0.3) is 5.91 Å². The largest absolute Gasteiger partial charge is 0.384 e. The molecule has 3 heterocycles. The summed E-state index contributed by atoms with van der Waals surface area (Å²) in [6.07, 6.45) is 4.23. The second-order valence-electron chi connectivity index (χ2n) is 8.24. The van der Waals surface area contributed by atoms with Crippen molar-refractivity contribution < 1.29 is 9.90 Å². The molecule has 8 nitrogen and oxygen atoms in total. The number of hydrogen-bond donors (Lipinski definition) is 4. The molecule has 0 saturated carbocycles. The van der Waals surface area contributed by atoms with Gasteiger partial charge in [-0.3, -0.25) is 4.79 Å². The number of aryl methyl sites for hydroxylation is 1. The first-order chi connectivity index (χ1) is 15.9. The zero-order chi connectivity index (χ0) is 23.4. The minimum absolute atomic E-state index is 0.224. The molecule has 4 rings (SSSR count). The van der Waals surface area contributed by atoms with Crippen LogP contribution in [-0.4, -0.2) is 37.5 Å². The number of hydrogen-bond acceptors (Lipinski definition) is 6. The molecule has 0 fully saturated rings. The van der Waals surface area contributed by atoms with Crippen molar-refractivity contribution in [2.24, 2.45) is 0 Å². The predicted molar refractivity (Wildman–Crippen MR) is 128 cm³/mol. The third kappa shape index (κ3) is 5.01. The lowest BCUT2D eigenvalue weighted by Gasteiger charge is -2.21. The van der Waals surface area contributed by atoms with E-state index >= 15 is 0 Å². The van der Waals surface area contributed by atoms with Gasteiger partial charge < -0.3 is 20.7 Å². The first-order valence-electron chi connectivity index (χ1n) is 11.0. The van der Waals surface area contributed by atoms with Crippen LogP contribution in [0.4, 0.5) is 11.8 Å². The van der Waals surface area contributed by atoms with Crippen LogP contribution in [0, 0.1) is 6.92 Å². The van der Waals surface area contributed by atoms with E-state index in [1.54, 1.807) is 19.1 Å². The number of aliphatic hydroxyl groups is 1. The van der Waals surface area contributed by atoms with Crippen molar-refractivity contribution in [1.29, 1.82) is 0 Å². The van der Waals surface area contributed by atoms with Crippen molar-refractivity contribution in [3.05, 3.63) is 77.4 Å². The third-order valence-electron chi connectivity index (χ3n) is 5.83. The Morgan fingerprint density at radius 3 is 2.64 bits per heavy atom. The highest BCUT2D eigenvalue weighted by Crippen LogP contribution is 2.24. The van der Waals surface area contributed by atoms with Crippen LogP contribution < -0.4 is 10.6 Å². The van der Waals surface area contributed by atoms with Crippen LogP contribution in [0.5, 0.6) is 0 Å². The summed E-state index contributed by atoms with van der Waals surface area (Å²) in [6.45, 7) is 6.18. The summed E-state index contributed by atoms with van der Waals surface area (Å²) >= 11 is 0. The Balaban J connectivity index is 1.36. The van der Waals surface area contributed by atoms with E-state index in [4.69, 9.17) is 0 Å². The zero-order valence-corrected chi connectivity index (χ0v) is 19.0. The fourth-order valence-corrected chi connectivity index (χ4v) is 3.67. The van der Waals surface area contributed by atoms with Gasteiger partial charge in [-0.15, -0.1) is 0 Å². The molecule has 1 amide bonds. The molecule has 4 N–H and O–H groups in total. The molecule has 0 spiro atoms. The van der Waals surface area contributed by atoms with E-state index in [0.717, 1.165) is 17.6 Å². The van der Waals surface area contributed by atoms with Crippen molar-refractivity contribution >= 4 is 28.6 Å². The van der Waals surface area contributed by atoms with E-state index in [2.05, 4.69) is 42.7 Å². The predicted octanol–water partition coefficient (Wildman–Crippen LogP) is 3.99. The van der Waals surface area contributed by atoms with Gasteiger partial charge in [-0.1, -0.05) is 31.2 Å². The molecule has 1 aromatic carbocycles. The molecule has 8 heteroatoms. The SMILES string of the molecule is CCC(C)(O)c1cccc(Nc2ncc(C(=O)NCCc3c(C)[nH]c4ccccc34)cn2)n1. The molecule has 3 aromatic heterocycles. The van der Waals surface area contributed by atoms with Crippen LogP contribution in [0.3, 0.4) is 0 Å². The first-order valence-corrected chi connectivity index (χ1v) is 11.0. The number of aromatic amines is 1. The number of fused-ring (bicyclic) bond motifs is 1. The van der Waals surface area contributed by atoms with E-state index in [-0.39, 0.29) is 5.91 Å². The van der Waals surface area contributed by atoms with Gasteiger partial charge in [0, 0.05) is 35.5 Å². The van der Waals surface area contributed by atoms with Gasteiger partial charge in [0.15, 0.2) is 0 Å². The molecule has 4 aromatic rings. The molecule has 33 heavy (non-hydrogen) atoms. The van der Waals surface area contributed by atoms with Gasteiger partial charge in [-0.25, -0.2) is 15.0 Å². The van der Waals surface area contributed by atoms with Crippen molar-refractivity contribution in [1.82, 2.24) is 25.3 Å². The van der Waals surface area contributed by atoms with Crippen LogP contribution in [0.2, 0.25) is 0 Å². The topological polar surface area (TPSA) is 116 Å².